The molecule has 0 saturated heterocycles. The van der Waals surface area contributed by atoms with Gasteiger partial charge in [0.15, 0.2) is 0 Å². The molecule has 4 nitrogen and oxygen atoms in total. The van der Waals surface area contributed by atoms with Gasteiger partial charge in [0.1, 0.15) is 0 Å². The molecule has 0 rings (SSSR count). The van der Waals surface area contributed by atoms with Gasteiger partial charge >= 0.3 is 5.97 Å². The van der Waals surface area contributed by atoms with Crippen LogP contribution < -0.4 is 0 Å². The molecule has 0 saturated carbocycles. The number of ether oxygens (including phenoxy) is 2. The van der Waals surface area contributed by atoms with Gasteiger partial charge in [0.2, 0.25) is 0 Å². The Bertz CT molecular complexity index is 200. The molecule has 0 radical (unpaired) electrons. The van der Waals surface area contributed by atoms with Crippen molar-refractivity contribution < 1.29 is 19.1 Å². The molecular formula is C9H12O4. The summed E-state index contributed by atoms with van der Waals surface area (Å²) in [5.74, 6) is -0.431. The van der Waals surface area contributed by atoms with Crippen LogP contribution >= 0.6 is 0 Å². The van der Waals surface area contributed by atoms with E-state index < -0.39 is 5.97 Å². The van der Waals surface area contributed by atoms with Crippen molar-refractivity contribution in [3.05, 3.63) is 37.8 Å². The zero-order valence-corrected chi connectivity index (χ0v) is 7.49. The summed E-state index contributed by atoms with van der Waals surface area (Å²) in [6, 6.07) is 0. The first-order valence-electron chi connectivity index (χ1n) is 3.27. The molecule has 0 aliphatic rings. The van der Waals surface area contributed by atoms with E-state index in [4.69, 9.17) is 4.79 Å². The van der Waals surface area contributed by atoms with E-state index in [1.165, 1.54) is 0 Å². The highest BCUT2D eigenvalue weighted by Gasteiger charge is 1.97. The molecule has 72 valence electrons. The van der Waals surface area contributed by atoms with E-state index in [1.807, 2.05) is 0 Å². The van der Waals surface area contributed by atoms with E-state index in [0.717, 1.165) is 12.5 Å². The summed E-state index contributed by atoms with van der Waals surface area (Å²) in [7, 11) is 0. The monoisotopic (exact) mass is 184 g/mol. The fourth-order valence-corrected chi connectivity index (χ4v) is 0.216. The third-order valence-corrected chi connectivity index (χ3v) is 0.691. The molecule has 0 spiro atoms. The second kappa shape index (κ2) is 10.2. The maximum atomic E-state index is 10.3. The van der Waals surface area contributed by atoms with Gasteiger partial charge in [-0.3, -0.25) is 4.79 Å². The highest BCUT2D eigenvalue weighted by molar-refractivity contribution is 5.87. The summed E-state index contributed by atoms with van der Waals surface area (Å²) in [5, 5.41) is 0. The van der Waals surface area contributed by atoms with Gasteiger partial charge in [-0.15, -0.1) is 0 Å². The van der Waals surface area contributed by atoms with Gasteiger partial charge < -0.3 is 9.47 Å². The largest absolute Gasteiger partial charge is 0.437 e. The van der Waals surface area contributed by atoms with Crippen LogP contribution in [0.5, 0.6) is 0 Å². The number of hydrogen-bond acceptors (Lipinski definition) is 4. The summed E-state index contributed by atoms with van der Waals surface area (Å²) < 4.78 is 8.25. The van der Waals surface area contributed by atoms with E-state index in [2.05, 4.69) is 29.2 Å². The van der Waals surface area contributed by atoms with Crippen LogP contribution in [0.1, 0.15) is 6.92 Å². The van der Waals surface area contributed by atoms with Crippen LogP contribution in [-0.2, 0) is 19.1 Å². The zero-order valence-electron chi connectivity index (χ0n) is 7.49. The van der Waals surface area contributed by atoms with Crippen molar-refractivity contribution in [3.63, 3.8) is 0 Å². The third kappa shape index (κ3) is 13.2. The van der Waals surface area contributed by atoms with Gasteiger partial charge in [0.25, 0.3) is 6.47 Å². The Balaban J connectivity index is 0. The maximum Gasteiger partial charge on any atom is 0.337 e. The molecule has 0 N–H and O–H groups in total. The summed E-state index contributed by atoms with van der Waals surface area (Å²) in [5.41, 5.74) is 0.380. The predicted octanol–water partition coefficient (Wildman–Crippen LogP) is 1.55. The Labute approximate surface area is 77.1 Å². The van der Waals surface area contributed by atoms with Crippen molar-refractivity contribution in [2.75, 3.05) is 0 Å². The maximum absolute atomic E-state index is 10.3. The molecule has 0 bridgehead atoms. The highest BCUT2D eigenvalue weighted by atomic mass is 16.5. The van der Waals surface area contributed by atoms with Gasteiger partial charge in [0, 0.05) is 5.57 Å². The summed E-state index contributed by atoms with van der Waals surface area (Å²) in [4.78, 5) is 19.5. The van der Waals surface area contributed by atoms with Crippen molar-refractivity contribution in [2.45, 2.75) is 6.92 Å². The first kappa shape index (κ1) is 13.7. The number of carbonyl (C=O) groups excluding carboxylic acids is 2. The number of esters is 1. The Hall–Kier alpha value is -1.84. The van der Waals surface area contributed by atoms with Gasteiger partial charge in [-0.2, -0.15) is 0 Å². The molecule has 0 amide bonds. The molecule has 13 heavy (non-hydrogen) atoms. The third-order valence-electron chi connectivity index (χ3n) is 0.691. The average Bonchev–Trinajstić information content (AvgIpc) is 2.07. The molecular weight excluding hydrogens is 172 g/mol. The second-order valence-electron chi connectivity index (χ2n) is 1.75. The lowest BCUT2D eigenvalue weighted by atomic mass is 10.4. The molecule has 0 aliphatic heterocycles. The quantitative estimate of drug-likeness (QED) is 0.288. The zero-order chi connectivity index (χ0) is 10.7. The Morgan fingerprint density at radius 2 is 1.85 bits per heavy atom. The molecule has 0 heterocycles. The van der Waals surface area contributed by atoms with Crippen LogP contribution in [0.4, 0.5) is 0 Å². The topological polar surface area (TPSA) is 52.6 Å². The lowest BCUT2D eigenvalue weighted by Gasteiger charge is -1.92. The second-order valence-corrected chi connectivity index (χ2v) is 1.75. The van der Waals surface area contributed by atoms with Crippen molar-refractivity contribution in [2.24, 2.45) is 0 Å². The minimum Gasteiger partial charge on any atom is -0.437 e. The number of hydrogen-bond donors (Lipinski definition) is 0. The molecule has 4 heteroatoms. The Kier molecular flexibility index (Phi) is 10.7. The fraction of sp³-hybridized carbons (Fsp3) is 0.111. The highest BCUT2D eigenvalue weighted by Crippen LogP contribution is 1.90. The van der Waals surface area contributed by atoms with Gasteiger partial charge in [-0.25, -0.2) is 4.79 Å². The molecule has 0 aromatic carbocycles. The minimum atomic E-state index is -0.431. The van der Waals surface area contributed by atoms with Crippen molar-refractivity contribution in [3.8, 4) is 0 Å². The molecule has 0 fully saturated rings. The molecule has 0 aliphatic carbocycles. The van der Waals surface area contributed by atoms with E-state index in [-0.39, 0.29) is 0 Å². The lowest BCUT2D eigenvalue weighted by molar-refractivity contribution is -0.133. The SMILES string of the molecule is C=COC(=O)C(=C)C.C=COC=O. The standard InChI is InChI=1S/C6H8O2.C3H4O2/c1-4-8-6(7)5(2)3;1-2-5-3-4/h4H,1-2H2,3H3;2-3H,1H2. The molecule has 0 aromatic heterocycles. The van der Waals surface area contributed by atoms with E-state index in [9.17, 15) is 4.79 Å². The van der Waals surface area contributed by atoms with Crippen LogP contribution in [0.2, 0.25) is 0 Å². The first-order chi connectivity index (χ1) is 6.09. The van der Waals surface area contributed by atoms with E-state index in [1.54, 1.807) is 6.92 Å². The lowest BCUT2D eigenvalue weighted by Crippen LogP contribution is -1.98. The Morgan fingerprint density at radius 3 is 1.92 bits per heavy atom. The van der Waals surface area contributed by atoms with Gasteiger partial charge in [-0.1, -0.05) is 19.7 Å². The number of rotatable bonds is 4. The van der Waals surface area contributed by atoms with Gasteiger partial charge in [0.05, 0.1) is 12.5 Å². The summed E-state index contributed by atoms with van der Waals surface area (Å²) >= 11 is 0. The van der Waals surface area contributed by atoms with Crippen molar-refractivity contribution in [1.82, 2.24) is 0 Å². The van der Waals surface area contributed by atoms with E-state index in [0.29, 0.717) is 12.0 Å². The van der Waals surface area contributed by atoms with Crippen LogP contribution in [0.3, 0.4) is 0 Å². The molecule has 0 atom stereocenters. The van der Waals surface area contributed by atoms with Gasteiger partial charge in [-0.05, 0) is 6.92 Å². The van der Waals surface area contributed by atoms with E-state index >= 15 is 0 Å². The van der Waals surface area contributed by atoms with Crippen molar-refractivity contribution in [1.29, 1.82) is 0 Å². The van der Waals surface area contributed by atoms with Crippen molar-refractivity contribution >= 4 is 12.4 Å². The predicted molar refractivity (Wildman–Crippen MR) is 48.4 cm³/mol. The molecule has 0 unspecified atom stereocenters. The molecule has 0 aromatic rings. The average molecular weight is 184 g/mol. The smallest absolute Gasteiger partial charge is 0.337 e. The first-order valence-corrected chi connectivity index (χ1v) is 3.27. The van der Waals surface area contributed by atoms with Crippen LogP contribution in [0.15, 0.2) is 37.8 Å². The fourth-order valence-electron chi connectivity index (χ4n) is 0.216. The van der Waals surface area contributed by atoms with Crippen LogP contribution in [0, 0.1) is 0 Å². The minimum absolute atomic E-state index is 0.312. The van der Waals surface area contributed by atoms with Crippen LogP contribution in [-0.4, -0.2) is 12.4 Å². The summed E-state index contributed by atoms with van der Waals surface area (Å²) in [6.45, 7) is 11.5. The summed E-state index contributed by atoms with van der Waals surface area (Å²) in [6.07, 6.45) is 2.14. The number of carbonyl (C=O) groups is 2. The van der Waals surface area contributed by atoms with Crippen LogP contribution in [0.25, 0.3) is 0 Å². The Morgan fingerprint density at radius 1 is 1.31 bits per heavy atom. The normalized spacial score (nSPS) is 6.85.